The number of carbonyl (C=O) groups is 2. The van der Waals surface area contributed by atoms with Crippen molar-refractivity contribution in [2.24, 2.45) is 0 Å². The molecule has 7 rings (SSSR count). The fourth-order valence-corrected chi connectivity index (χ4v) is 6.12. The number of benzene rings is 5. The maximum absolute atomic E-state index is 14.6. The van der Waals surface area contributed by atoms with Crippen LogP contribution in [-0.4, -0.2) is 16.8 Å². The summed E-state index contributed by atoms with van der Waals surface area (Å²) in [5.74, 6) is -0.686. The van der Waals surface area contributed by atoms with E-state index in [0.717, 1.165) is 16.7 Å². The van der Waals surface area contributed by atoms with E-state index in [0.29, 0.717) is 34.5 Å². The van der Waals surface area contributed by atoms with Crippen molar-refractivity contribution < 1.29 is 14.7 Å². The molecular weight excluding hydrogens is 494 g/mol. The van der Waals surface area contributed by atoms with Crippen LogP contribution in [0.1, 0.15) is 32.6 Å². The van der Waals surface area contributed by atoms with Gasteiger partial charge in [-0.05, 0) is 22.8 Å². The highest BCUT2D eigenvalue weighted by molar-refractivity contribution is 6.38. The Morgan fingerprint density at radius 2 is 1.12 bits per heavy atom. The molecule has 0 unspecified atom stereocenters. The molecule has 5 aromatic carbocycles. The number of nitrogens with zero attached hydrogens (tertiary/aromatic N) is 1. The minimum atomic E-state index is -1.83. The topological polar surface area (TPSA) is 57.6 Å². The number of hydrogen-bond acceptors (Lipinski definition) is 3. The molecule has 2 aliphatic rings. The van der Waals surface area contributed by atoms with Gasteiger partial charge in [-0.3, -0.25) is 9.59 Å². The molecule has 0 atom stereocenters. The minimum Gasteiger partial charge on any atom is -0.376 e. The molecule has 4 heteroatoms. The third kappa shape index (κ3) is 3.50. The van der Waals surface area contributed by atoms with Crippen LogP contribution < -0.4 is 4.90 Å². The second kappa shape index (κ2) is 9.30. The van der Waals surface area contributed by atoms with Crippen molar-refractivity contribution in [2.75, 3.05) is 4.90 Å². The summed E-state index contributed by atoms with van der Waals surface area (Å²) >= 11 is 0. The van der Waals surface area contributed by atoms with E-state index in [1.54, 1.807) is 29.2 Å². The van der Waals surface area contributed by atoms with E-state index >= 15 is 0 Å². The Morgan fingerprint density at radius 1 is 0.625 bits per heavy atom. The van der Waals surface area contributed by atoms with E-state index in [4.69, 9.17) is 0 Å². The first kappa shape index (κ1) is 24.0. The molecule has 1 amide bonds. The molecule has 4 nitrogen and oxygen atoms in total. The molecule has 5 aromatic rings. The van der Waals surface area contributed by atoms with Gasteiger partial charge in [0.25, 0.3) is 5.91 Å². The predicted molar refractivity (Wildman–Crippen MR) is 157 cm³/mol. The zero-order valence-corrected chi connectivity index (χ0v) is 21.6. The minimum absolute atomic E-state index is 0.0733. The number of rotatable bonds is 5. The summed E-state index contributed by atoms with van der Waals surface area (Å²) in [7, 11) is 0. The van der Waals surface area contributed by atoms with E-state index in [9.17, 15) is 14.7 Å². The Balaban J connectivity index is 1.54. The first-order valence-electron chi connectivity index (χ1n) is 13.3. The SMILES string of the molecule is O=C(/C(=C1/C(=O)N(Cc2ccccc2)c2ccccc21)C1(O)c2ccccc2-c2ccccc21)c1ccccc1. The van der Waals surface area contributed by atoms with Gasteiger partial charge in [-0.2, -0.15) is 0 Å². The zero-order chi connectivity index (χ0) is 27.3. The van der Waals surface area contributed by atoms with E-state index < -0.39 is 5.60 Å². The van der Waals surface area contributed by atoms with Crippen LogP contribution in [0.5, 0.6) is 0 Å². The van der Waals surface area contributed by atoms with Crippen LogP contribution in [0.3, 0.4) is 0 Å². The van der Waals surface area contributed by atoms with Crippen molar-refractivity contribution in [2.45, 2.75) is 12.1 Å². The van der Waals surface area contributed by atoms with Gasteiger partial charge in [-0.25, -0.2) is 0 Å². The zero-order valence-electron chi connectivity index (χ0n) is 21.6. The van der Waals surface area contributed by atoms with Gasteiger partial charge in [0.05, 0.1) is 23.4 Å². The van der Waals surface area contributed by atoms with Gasteiger partial charge in [0.15, 0.2) is 5.78 Å². The molecule has 1 N–H and O–H groups in total. The molecule has 1 aliphatic carbocycles. The highest BCUT2D eigenvalue weighted by atomic mass is 16.3. The summed E-state index contributed by atoms with van der Waals surface area (Å²) in [4.78, 5) is 30.7. The molecule has 0 aromatic heterocycles. The number of aliphatic hydroxyl groups is 1. The summed E-state index contributed by atoms with van der Waals surface area (Å²) in [6.07, 6.45) is 0. The lowest BCUT2D eigenvalue weighted by molar-refractivity contribution is -0.113. The van der Waals surface area contributed by atoms with Gasteiger partial charge in [0.1, 0.15) is 5.60 Å². The fraction of sp³-hybridized carbons (Fsp3) is 0.0556. The molecule has 1 heterocycles. The van der Waals surface area contributed by atoms with E-state index in [-0.39, 0.29) is 22.8 Å². The average Bonchev–Trinajstić information content (AvgIpc) is 3.43. The summed E-state index contributed by atoms with van der Waals surface area (Å²) in [5.41, 5.74) is 4.08. The number of para-hydroxylation sites is 1. The molecule has 0 saturated carbocycles. The normalized spacial score (nSPS) is 15.8. The summed E-state index contributed by atoms with van der Waals surface area (Å²) in [6, 6.07) is 41.3. The van der Waals surface area contributed by atoms with Gasteiger partial charge in [0.2, 0.25) is 0 Å². The lowest BCUT2D eigenvalue weighted by Gasteiger charge is -2.30. The number of ketones is 1. The van der Waals surface area contributed by atoms with Crippen molar-refractivity contribution >= 4 is 23.0 Å². The number of hydrogen-bond donors (Lipinski definition) is 1. The molecule has 40 heavy (non-hydrogen) atoms. The van der Waals surface area contributed by atoms with Crippen molar-refractivity contribution in [1.29, 1.82) is 0 Å². The van der Waals surface area contributed by atoms with E-state index in [2.05, 4.69) is 0 Å². The predicted octanol–water partition coefficient (Wildman–Crippen LogP) is 6.79. The third-order valence-electron chi connectivity index (χ3n) is 7.91. The van der Waals surface area contributed by atoms with E-state index in [1.807, 2.05) is 109 Å². The van der Waals surface area contributed by atoms with Gasteiger partial charge >= 0.3 is 0 Å². The summed E-state index contributed by atoms with van der Waals surface area (Å²) < 4.78 is 0. The molecule has 0 saturated heterocycles. The molecule has 1 aliphatic heterocycles. The lowest BCUT2D eigenvalue weighted by Crippen LogP contribution is -2.35. The van der Waals surface area contributed by atoms with Crippen molar-refractivity contribution in [3.05, 3.63) is 167 Å². The first-order valence-corrected chi connectivity index (χ1v) is 13.3. The second-order valence-corrected chi connectivity index (χ2v) is 10.1. The van der Waals surface area contributed by atoms with Crippen molar-refractivity contribution in [1.82, 2.24) is 0 Å². The average molecular weight is 520 g/mol. The third-order valence-corrected chi connectivity index (χ3v) is 7.91. The monoisotopic (exact) mass is 519 g/mol. The lowest BCUT2D eigenvalue weighted by atomic mass is 9.76. The van der Waals surface area contributed by atoms with E-state index in [1.165, 1.54) is 0 Å². The Bertz CT molecular complexity index is 1780. The van der Waals surface area contributed by atoms with Crippen LogP contribution >= 0.6 is 0 Å². The van der Waals surface area contributed by atoms with Crippen LogP contribution in [0.15, 0.2) is 139 Å². The Labute approximate surface area is 232 Å². The van der Waals surface area contributed by atoms with Crippen LogP contribution in [-0.2, 0) is 16.9 Å². The van der Waals surface area contributed by atoms with Gasteiger partial charge in [0, 0.05) is 22.3 Å². The maximum atomic E-state index is 14.6. The standard InChI is InChI=1S/C36H25NO3/c38-34(25-15-5-2-6-16-25)33(36(40)29-20-10-7-17-26(29)27-18-8-11-21-30(27)36)32-28-19-9-12-22-31(28)37(35(32)39)23-24-13-3-1-4-14-24/h1-22,40H,23H2/b33-32-. The van der Waals surface area contributed by atoms with Crippen LogP contribution in [0.4, 0.5) is 5.69 Å². The largest absolute Gasteiger partial charge is 0.376 e. The Kier molecular flexibility index (Phi) is 5.58. The fourth-order valence-electron chi connectivity index (χ4n) is 6.12. The Morgan fingerprint density at radius 3 is 1.75 bits per heavy atom. The number of anilines is 1. The van der Waals surface area contributed by atoms with Gasteiger partial charge in [-0.15, -0.1) is 0 Å². The van der Waals surface area contributed by atoms with Crippen molar-refractivity contribution in [3.8, 4) is 11.1 Å². The smallest absolute Gasteiger partial charge is 0.259 e. The highest BCUT2D eigenvalue weighted by Gasteiger charge is 2.51. The number of fused-ring (bicyclic) bond motifs is 4. The summed E-state index contributed by atoms with van der Waals surface area (Å²) in [6.45, 7) is 0.346. The molecule has 0 spiro atoms. The van der Waals surface area contributed by atoms with Gasteiger partial charge < -0.3 is 10.0 Å². The van der Waals surface area contributed by atoms with Crippen molar-refractivity contribution in [3.63, 3.8) is 0 Å². The quantitative estimate of drug-likeness (QED) is 0.206. The molecular formula is C36H25NO3. The molecule has 0 fully saturated rings. The molecule has 192 valence electrons. The first-order chi connectivity index (χ1) is 19.6. The van der Waals surface area contributed by atoms with Crippen LogP contribution in [0.2, 0.25) is 0 Å². The number of Topliss-reactive ketones (excluding diaryl/α,β-unsaturated/α-hetero) is 1. The molecule has 0 bridgehead atoms. The molecule has 0 radical (unpaired) electrons. The number of carbonyl (C=O) groups excluding carboxylic acids is 2. The summed E-state index contributed by atoms with van der Waals surface area (Å²) in [5, 5.41) is 12.9. The highest BCUT2D eigenvalue weighted by Crippen LogP contribution is 2.54. The second-order valence-electron chi connectivity index (χ2n) is 10.1. The van der Waals surface area contributed by atoms with Crippen LogP contribution in [0, 0.1) is 0 Å². The Hall–Kier alpha value is -5.06. The number of amides is 1. The maximum Gasteiger partial charge on any atom is 0.259 e. The van der Waals surface area contributed by atoms with Crippen LogP contribution in [0.25, 0.3) is 16.7 Å². The van der Waals surface area contributed by atoms with Gasteiger partial charge in [-0.1, -0.05) is 127 Å².